The zero-order valence-electron chi connectivity index (χ0n) is 14.4. The maximum atomic E-state index is 12.6. The largest absolute Gasteiger partial charge is 0.481 e. The van der Waals surface area contributed by atoms with Crippen LogP contribution in [0.5, 0.6) is 0 Å². The monoisotopic (exact) mass is 378 g/mol. The van der Waals surface area contributed by atoms with E-state index in [1.807, 2.05) is 0 Å². The number of carbonyl (C=O) groups is 2. The van der Waals surface area contributed by atoms with E-state index in [0.717, 1.165) is 4.68 Å². The number of rotatable bonds is 4. The van der Waals surface area contributed by atoms with Crippen molar-refractivity contribution in [2.45, 2.75) is 12.1 Å². The minimum absolute atomic E-state index is 0.0114. The van der Waals surface area contributed by atoms with Gasteiger partial charge in [-0.1, -0.05) is 42.5 Å². The maximum absolute atomic E-state index is 12.6. The van der Waals surface area contributed by atoms with Crippen molar-refractivity contribution in [2.75, 3.05) is 5.32 Å². The van der Waals surface area contributed by atoms with Gasteiger partial charge >= 0.3 is 11.9 Å². The Labute approximate surface area is 157 Å². The Bertz CT molecular complexity index is 1160. The highest BCUT2D eigenvalue weighted by Gasteiger charge is 2.48. The molecule has 9 nitrogen and oxygen atoms in total. The van der Waals surface area contributed by atoms with E-state index in [1.165, 1.54) is 0 Å². The lowest BCUT2D eigenvalue weighted by Crippen LogP contribution is -2.54. The number of nitrogens with zero attached hydrogens (tertiary/aromatic N) is 3. The summed E-state index contributed by atoms with van der Waals surface area (Å²) in [4.78, 5) is 40.4. The zero-order chi connectivity index (χ0) is 19.9. The summed E-state index contributed by atoms with van der Waals surface area (Å²) >= 11 is 0. The van der Waals surface area contributed by atoms with Crippen LogP contribution in [0.4, 0.5) is 5.69 Å². The molecule has 0 bridgehead atoms. The van der Waals surface area contributed by atoms with Crippen molar-refractivity contribution in [2.24, 2.45) is 0 Å². The van der Waals surface area contributed by atoms with Crippen LogP contribution >= 0.6 is 0 Å². The fourth-order valence-electron chi connectivity index (χ4n) is 3.22. The highest BCUT2D eigenvalue weighted by Crippen LogP contribution is 2.38. The lowest BCUT2D eigenvalue weighted by atomic mass is 9.99. The minimum Gasteiger partial charge on any atom is -0.481 e. The first-order valence-corrected chi connectivity index (χ1v) is 8.32. The van der Waals surface area contributed by atoms with Crippen LogP contribution in [0, 0.1) is 0 Å². The summed E-state index contributed by atoms with van der Waals surface area (Å²) in [5.74, 6) is -2.81. The number of aliphatic carboxylic acids is 2. The molecule has 9 heteroatoms. The highest BCUT2D eigenvalue weighted by molar-refractivity contribution is 5.90. The van der Waals surface area contributed by atoms with Gasteiger partial charge in [-0.2, -0.15) is 10.1 Å². The lowest BCUT2D eigenvalue weighted by Gasteiger charge is -2.37. The van der Waals surface area contributed by atoms with E-state index in [4.69, 9.17) is 0 Å². The van der Waals surface area contributed by atoms with Gasteiger partial charge in [0, 0.05) is 16.8 Å². The van der Waals surface area contributed by atoms with E-state index in [9.17, 15) is 24.6 Å². The molecule has 0 amide bonds. The molecule has 0 saturated heterocycles. The van der Waals surface area contributed by atoms with Crippen LogP contribution in [0.25, 0.3) is 22.6 Å². The Morgan fingerprint density at radius 3 is 2.39 bits per heavy atom. The molecule has 3 aromatic rings. The van der Waals surface area contributed by atoms with E-state index >= 15 is 0 Å². The first kappa shape index (κ1) is 17.4. The van der Waals surface area contributed by atoms with Gasteiger partial charge in [0.2, 0.25) is 5.66 Å². The Balaban J connectivity index is 2.07. The molecule has 1 aliphatic rings. The number of para-hydroxylation sites is 1. The summed E-state index contributed by atoms with van der Waals surface area (Å²) in [6.45, 7) is 0. The molecule has 1 aliphatic heterocycles. The summed E-state index contributed by atoms with van der Waals surface area (Å²) in [5.41, 5.74) is -1.59. The van der Waals surface area contributed by atoms with Crippen molar-refractivity contribution in [1.29, 1.82) is 0 Å². The van der Waals surface area contributed by atoms with Crippen LogP contribution in [0.15, 0.2) is 59.4 Å². The SMILES string of the molecule is O=C(O)C[C@]1(C(=O)O)Nc2ccccc2-c2nc(=O)c(-c3ccccc3)nn21. The second kappa shape index (κ2) is 6.31. The van der Waals surface area contributed by atoms with Crippen molar-refractivity contribution in [1.82, 2.24) is 14.8 Å². The predicted molar refractivity (Wildman–Crippen MR) is 98.6 cm³/mol. The molecule has 3 N–H and O–H groups in total. The zero-order valence-corrected chi connectivity index (χ0v) is 14.4. The van der Waals surface area contributed by atoms with E-state index in [1.54, 1.807) is 54.6 Å². The third-order valence-corrected chi connectivity index (χ3v) is 4.49. The standard InChI is InChI=1S/C19H14N4O5/c24-14(25)10-19(18(27)28)21-13-9-5-4-8-12(13)16-20-17(26)15(22-23(16)19)11-6-2-1-3-7-11/h1-9,21H,10H2,(H,24,25)(H,27,28)/t19-/m0/s1. The summed E-state index contributed by atoms with van der Waals surface area (Å²) in [6, 6.07) is 15.1. The fraction of sp³-hybridized carbons (Fsp3) is 0.105. The molecule has 1 aromatic heterocycles. The first-order chi connectivity index (χ1) is 13.4. The molecule has 0 fully saturated rings. The number of benzene rings is 2. The van der Waals surface area contributed by atoms with Gasteiger partial charge in [0.25, 0.3) is 5.56 Å². The third-order valence-electron chi connectivity index (χ3n) is 4.49. The molecule has 0 saturated carbocycles. The van der Waals surface area contributed by atoms with E-state index in [2.05, 4.69) is 15.4 Å². The summed E-state index contributed by atoms with van der Waals surface area (Å²) in [7, 11) is 0. The van der Waals surface area contributed by atoms with Crippen LogP contribution in [0.1, 0.15) is 6.42 Å². The van der Waals surface area contributed by atoms with E-state index in [-0.39, 0.29) is 11.5 Å². The van der Waals surface area contributed by atoms with E-state index < -0.39 is 29.6 Å². The van der Waals surface area contributed by atoms with Gasteiger partial charge in [-0.25, -0.2) is 9.48 Å². The topological polar surface area (TPSA) is 134 Å². The molecule has 4 rings (SSSR count). The van der Waals surface area contributed by atoms with Crippen LogP contribution in [0.3, 0.4) is 0 Å². The smallest absolute Gasteiger partial charge is 0.353 e. The van der Waals surface area contributed by atoms with Gasteiger partial charge in [0.05, 0.1) is 0 Å². The van der Waals surface area contributed by atoms with E-state index in [0.29, 0.717) is 16.8 Å². The number of fused-ring (bicyclic) bond motifs is 3. The van der Waals surface area contributed by atoms with Gasteiger partial charge in [-0.3, -0.25) is 9.59 Å². The van der Waals surface area contributed by atoms with Gasteiger partial charge in [0.1, 0.15) is 6.42 Å². The first-order valence-electron chi connectivity index (χ1n) is 8.32. The molecule has 2 heterocycles. The number of carboxylic acids is 2. The summed E-state index contributed by atoms with van der Waals surface area (Å²) in [5, 5.41) is 26.3. The van der Waals surface area contributed by atoms with Crippen molar-refractivity contribution >= 4 is 17.6 Å². The number of anilines is 1. The Morgan fingerprint density at radius 1 is 1.04 bits per heavy atom. The second-order valence-corrected chi connectivity index (χ2v) is 6.27. The maximum Gasteiger partial charge on any atom is 0.353 e. The Kier molecular flexibility index (Phi) is 3.92. The Hall–Kier alpha value is -4.01. The molecular weight excluding hydrogens is 364 g/mol. The molecule has 1 atom stereocenters. The second-order valence-electron chi connectivity index (χ2n) is 6.27. The molecule has 140 valence electrons. The fourth-order valence-corrected chi connectivity index (χ4v) is 3.22. The number of carboxylic acid groups (broad SMARTS) is 2. The number of hydrogen-bond acceptors (Lipinski definition) is 6. The summed E-state index contributed by atoms with van der Waals surface area (Å²) < 4.78 is 0.982. The van der Waals surface area contributed by atoms with Crippen molar-refractivity contribution in [3.63, 3.8) is 0 Å². The molecule has 2 aromatic carbocycles. The van der Waals surface area contributed by atoms with Crippen LogP contribution < -0.4 is 10.9 Å². The molecule has 28 heavy (non-hydrogen) atoms. The quantitative estimate of drug-likeness (QED) is 0.623. The lowest BCUT2D eigenvalue weighted by molar-refractivity contribution is -0.153. The molecule has 0 radical (unpaired) electrons. The third kappa shape index (κ3) is 2.60. The number of nitrogens with one attached hydrogen (secondary N) is 1. The van der Waals surface area contributed by atoms with Gasteiger partial charge < -0.3 is 15.5 Å². The van der Waals surface area contributed by atoms with Crippen molar-refractivity contribution in [3.05, 3.63) is 65.0 Å². The highest BCUT2D eigenvalue weighted by atomic mass is 16.4. The van der Waals surface area contributed by atoms with Crippen LogP contribution in [0.2, 0.25) is 0 Å². The predicted octanol–water partition coefficient (Wildman–Crippen LogP) is 1.61. The van der Waals surface area contributed by atoms with Crippen molar-refractivity contribution < 1.29 is 19.8 Å². The average Bonchev–Trinajstić information content (AvgIpc) is 2.67. The van der Waals surface area contributed by atoms with Crippen molar-refractivity contribution in [3.8, 4) is 22.6 Å². The van der Waals surface area contributed by atoms with Crippen LogP contribution in [-0.2, 0) is 15.3 Å². The number of hydrogen-bond donors (Lipinski definition) is 3. The average molecular weight is 378 g/mol. The molecule has 0 aliphatic carbocycles. The Morgan fingerprint density at radius 2 is 1.71 bits per heavy atom. The normalized spacial score (nSPS) is 17.1. The molecule has 0 unspecified atom stereocenters. The summed E-state index contributed by atoms with van der Waals surface area (Å²) in [6.07, 6.45) is -0.810. The van der Waals surface area contributed by atoms with Gasteiger partial charge in [-0.15, -0.1) is 0 Å². The van der Waals surface area contributed by atoms with Gasteiger partial charge in [0.15, 0.2) is 11.5 Å². The minimum atomic E-state index is -2.14. The van der Waals surface area contributed by atoms with Crippen LogP contribution in [-0.4, -0.2) is 36.9 Å². The molecular formula is C19H14N4O5. The molecule has 0 spiro atoms. The number of aromatic nitrogens is 3. The van der Waals surface area contributed by atoms with Gasteiger partial charge in [-0.05, 0) is 12.1 Å².